The summed E-state index contributed by atoms with van der Waals surface area (Å²) in [6.07, 6.45) is 0. The van der Waals surface area contributed by atoms with E-state index in [2.05, 4.69) is 10.6 Å². The van der Waals surface area contributed by atoms with Gasteiger partial charge in [0.2, 0.25) is 5.91 Å². The van der Waals surface area contributed by atoms with E-state index >= 15 is 0 Å². The number of aliphatic hydroxyl groups is 1. The lowest BCUT2D eigenvalue weighted by molar-refractivity contribution is -0.143. The number of aliphatic carboxylic acids is 1. The number of fused-ring (bicyclic) bond motifs is 1. The summed E-state index contributed by atoms with van der Waals surface area (Å²) in [5, 5.41) is 23.0. The first-order valence-electron chi connectivity index (χ1n) is 5.60. The smallest absolute Gasteiger partial charge is 0.328 e. The van der Waals surface area contributed by atoms with E-state index < -0.39 is 30.4 Å². The quantitative estimate of drug-likeness (QED) is 0.591. The predicted octanol–water partition coefficient (Wildman–Crippen LogP) is -0.243. The topological polar surface area (TPSA) is 98.7 Å². The monoisotopic (exact) mass is 250 g/mol. The van der Waals surface area contributed by atoms with Crippen molar-refractivity contribution in [2.75, 3.05) is 18.5 Å². The molecule has 0 saturated carbocycles. The van der Waals surface area contributed by atoms with E-state index in [4.69, 9.17) is 10.2 Å². The highest BCUT2D eigenvalue weighted by atomic mass is 16.4. The van der Waals surface area contributed by atoms with E-state index in [0.717, 1.165) is 11.3 Å². The molecule has 1 aliphatic heterocycles. The molecule has 4 N–H and O–H groups in total. The van der Waals surface area contributed by atoms with Crippen molar-refractivity contribution in [2.24, 2.45) is 0 Å². The highest BCUT2D eigenvalue weighted by Gasteiger charge is 2.30. The number of rotatable bonds is 4. The fourth-order valence-electron chi connectivity index (χ4n) is 1.98. The molecule has 2 rings (SSSR count). The predicted molar refractivity (Wildman–Crippen MR) is 64.3 cm³/mol. The molecule has 0 fully saturated rings. The second-order valence-electron chi connectivity index (χ2n) is 4.10. The summed E-state index contributed by atoms with van der Waals surface area (Å²) >= 11 is 0. The number of carbonyl (C=O) groups excluding carboxylic acids is 1. The van der Waals surface area contributed by atoms with Crippen molar-refractivity contribution < 1.29 is 19.8 Å². The lowest BCUT2D eigenvalue weighted by Crippen LogP contribution is -2.45. The molecule has 1 aromatic carbocycles. The van der Waals surface area contributed by atoms with Crippen molar-refractivity contribution in [2.45, 2.75) is 12.0 Å². The summed E-state index contributed by atoms with van der Waals surface area (Å²) in [5.41, 5.74) is 1.73. The van der Waals surface area contributed by atoms with Crippen LogP contribution in [0.15, 0.2) is 24.3 Å². The molecule has 1 amide bonds. The molecule has 0 spiro atoms. The Bertz CT molecular complexity index is 475. The van der Waals surface area contributed by atoms with Gasteiger partial charge >= 0.3 is 5.97 Å². The Hall–Kier alpha value is -2.08. The first kappa shape index (κ1) is 12.4. The molecular formula is C12H14N2O4. The van der Waals surface area contributed by atoms with Gasteiger partial charge in [-0.05, 0) is 11.6 Å². The summed E-state index contributed by atoms with van der Waals surface area (Å²) in [7, 11) is 0. The number of aliphatic hydroxyl groups excluding tert-OH is 1. The third-order valence-corrected chi connectivity index (χ3v) is 2.95. The average Bonchev–Trinajstić information content (AvgIpc) is 2.79. The van der Waals surface area contributed by atoms with Crippen molar-refractivity contribution in [3.05, 3.63) is 29.8 Å². The van der Waals surface area contributed by atoms with Crippen LogP contribution in [0.5, 0.6) is 0 Å². The Labute approximate surface area is 104 Å². The first-order chi connectivity index (χ1) is 8.63. The normalized spacial score (nSPS) is 18.6. The molecule has 1 aromatic rings. The Morgan fingerprint density at radius 2 is 2.17 bits per heavy atom. The van der Waals surface area contributed by atoms with E-state index in [9.17, 15) is 9.59 Å². The number of para-hydroxylation sites is 1. The number of anilines is 1. The number of hydrogen-bond donors (Lipinski definition) is 4. The van der Waals surface area contributed by atoms with E-state index in [1.807, 2.05) is 24.3 Å². The molecule has 1 aliphatic rings. The maximum Gasteiger partial charge on any atom is 0.328 e. The lowest BCUT2D eigenvalue weighted by atomic mass is 10.0. The van der Waals surface area contributed by atoms with Gasteiger partial charge in [-0.15, -0.1) is 0 Å². The van der Waals surface area contributed by atoms with Crippen molar-refractivity contribution in [3.63, 3.8) is 0 Å². The molecular weight excluding hydrogens is 236 g/mol. The van der Waals surface area contributed by atoms with Gasteiger partial charge in [0.25, 0.3) is 0 Å². The van der Waals surface area contributed by atoms with Crippen LogP contribution in [0.2, 0.25) is 0 Å². The third kappa shape index (κ3) is 2.28. The summed E-state index contributed by atoms with van der Waals surface area (Å²) in [6.45, 7) is -0.189. The minimum atomic E-state index is -1.26. The first-order valence-corrected chi connectivity index (χ1v) is 5.60. The largest absolute Gasteiger partial charge is 0.480 e. The summed E-state index contributed by atoms with van der Waals surface area (Å²) < 4.78 is 0. The molecule has 96 valence electrons. The summed E-state index contributed by atoms with van der Waals surface area (Å²) in [4.78, 5) is 22.7. The maximum absolute atomic E-state index is 12.0. The van der Waals surface area contributed by atoms with Crippen molar-refractivity contribution in [1.29, 1.82) is 0 Å². The number of carboxylic acid groups (broad SMARTS) is 1. The van der Waals surface area contributed by atoms with Gasteiger partial charge in [-0.2, -0.15) is 0 Å². The van der Waals surface area contributed by atoms with Gasteiger partial charge < -0.3 is 20.8 Å². The van der Waals surface area contributed by atoms with Gasteiger partial charge in [0.05, 0.1) is 12.5 Å². The zero-order valence-corrected chi connectivity index (χ0v) is 9.59. The van der Waals surface area contributed by atoms with Crippen LogP contribution in [-0.2, 0) is 9.59 Å². The molecule has 0 aromatic heterocycles. The molecule has 0 radical (unpaired) electrons. The lowest BCUT2D eigenvalue weighted by Gasteiger charge is -2.15. The van der Waals surface area contributed by atoms with Gasteiger partial charge in [-0.1, -0.05) is 18.2 Å². The molecule has 18 heavy (non-hydrogen) atoms. The molecule has 1 unspecified atom stereocenters. The maximum atomic E-state index is 12.0. The van der Waals surface area contributed by atoms with Crippen LogP contribution in [-0.4, -0.2) is 41.3 Å². The number of carbonyl (C=O) groups is 2. The minimum absolute atomic E-state index is 0.395. The van der Waals surface area contributed by atoms with Crippen LogP contribution in [0.4, 0.5) is 5.69 Å². The van der Waals surface area contributed by atoms with Gasteiger partial charge in [0.1, 0.15) is 6.04 Å². The minimum Gasteiger partial charge on any atom is -0.480 e. The molecule has 6 heteroatoms. The Kier molecular flexibility index (Phi) is 3.47. The van der Waals surface area contributed by atoms with E-state index in [1.54, 1.807) is 0 Å². The molecule has 2 atom stereocenters. The fraction of sp³-hybridized carbons (Fsp3) is 0.333. The summed E-state index contributed by atoms with van der Waals surface area (Å²) in [5.74, 6) is -2.06. The van der Waals surface area contributed by atoms with Gasteiger partial charge in [-0.3, -0.25) is 4.79 Å². The third-order valence-electron chi connectivity index (χ3n) is 2.95. The SMILES string of the molecule is O=C(N[C@H](CO)C(=O)O)C1CNc2ccccc21. The molecule has 1 heterocycles. The zero-order chi connectivity index (χ0) is 13.1. The van der Waals surface area contributed by atoms with Crippen LogP contribution in [0.25, 0.3) is 0 Å². The number of hydrogen-bond acceptors (Lipinski definition) is 4. The Balaban J connectivity index is 2.10. The van der Waals surface area contributed by atoms with E-state index in [0.29, 0.717) is 6.54 Å². The van der Waals surface area contributed by atoms with Gasteiger partial charge in [0.15, 0.2) is 0 Å². The van der Waals surface area contributed by atoms with Crippen molar-refractivity contribution in [3.8, 4) is 0 Å². The van der Waals surface area contributed by atoms with Gasteiger partial charge in [-0.25, -0.2) is 4.79 Å². The Morgan fingerprint density at radius 1 is 1.44 bits per heavy atom. The van der Waals surface area contributed by atoms with Crippen LogP contribution in [0.3, 0.4) is 0 Å². The molecule has 0 bridgehead atoms. The van der Waals surface area contributed by atoms with Crippen LogP contribution in [0, 0.1) is 0 Å². The second kappa shape index (κ2) is 5.05. The number of carboxylic acids is 1. The van der Waals surface area contributed by atoms with E-state index in [1.165, 1.54) is 0 Å². The highest BCUT2D eigenvalue weighted by molar-refractivity contribution is 5.91. The Morgan fingerprint density at radius 3 is 2.83 bits per heavy atom. The molecule has 0 aliphatic carbocycles. The average molecular weight is 250 g/mol. The fourth-order valence-corrected chi connectivity index (χ4v) is 1.98. The van der Waals surface area contributed by atoms with Crippen LogP contribution >= 0.6 is 0 Å². The molecule has 0 saturated heterocycles. The van der Waals surface area contributed by atoms with Crippen molar-refractivity contribution in [1.82, 2.24) is 5.32 Å². The zero-order valence-electron chi connectivity index (χ0n) is 9.59. The standard InChI is InChI=1S/C12H14N2O4/c15-6-10(12(17)18)14-11(16)8-5-13-9-4-2-1-3-7(8)9/h1-4,8,10,13,15H,5-6H2,(H,14,16)(H,17,18)/t8?,10-/m1/s1. The van der Waals surface area contributed by atoms with Gasteiger partial charge in [0, 0.05) is 12.2 Å². The van der Waals surface area contributed by atoms with Crippen LogP contribution < -0.4 is 10.6 Å². The second-order valence-corrected chi connectivity index (χ2v) is 4.10. The summed E-state index contributed by atoms with van der Waals surface area (Å²) in [6, 6.07) is 6.12. The number of amides is 1. The van der Waals surface area contributed by atoms with Crippen LogP contribution in [0.1, 0.15) is 11.5 Å². The number of nitrogens with one attached hydrogen (secondary N) is 2. The molecule has 6 nitrogen and oxygen atoms in total. The van der Waals surface area contributed by atoms with Crippen molar-refractivity contribution >= 4 is 17.6 Å². The highest BCUT2D eigenvalue weighted by Crippen LogP contribution is 2.30. The van der Waals surface area contributed by atoms with E-state index in [-0.39, 0.29) is 0 Å². The number of benzene rings is 1.